The number of hydrogen-bond acceptors (Lipinski definition) is 6. The number of halogens is 1. The van der Waals surface area contributed by atoms with Gasteiger partial charge in [0.1, 0.15) is 5.75 Å². The summed E-state index contributed by atoms with van der Waals surface area (Å²) in [4.78, 5) is 4.48. The molecule has 8 heteroatoms. The van der Waals surface area contributed by atoms with Crippen LogP contribution >= 0.6 is 23.4 Å². The van der Waals surface area contributed by atoms with Crippen molar-refractivity contribution in [2.45, 2.75) is 17.5 Å². The van der Waals surface area contributed by atoms with Crippen LogP contribution in [0.2, 0.25) is 5.02 Å². The second-order valence-corrected chi connectivity index (χ2v) is 7.21. The number of thioether (sulfide) groups is 1. The molecule has 0 saturated carbocycles. The van der Waals surface area contributed by atoms with Crippen LogP contribution in [0.5, 0.6) is 5.75 Å². The molecule has 136 valence electrons. The fourth-order valence-corrected chi connectivity index (χ4v) is 3.84. The van der Waals surface area contributed by atoms with Crippen molar-refractivity contribution in [2.75, 3.05) is 7.11 Å². The van der Waals surface area contributed by atoms with Crippen molar-refractivity contribution < 1.29 is 4.74 Å². The molecule has 0 radical (unpaired) electrons. The maximum absolute atomic E-state index is 6.27. The highest BCUT2D eigenvalue weighted by molar-refractivity contribution is 7.98. The van der Waals surface area contributed by atoms with Crippen molar-refractivity contribution in [3.8, 4) is 5.75 Å². The Morgan fingerprint density at radius 2 is 1.96 bits per heavy atom. The van der Waals surface area contributed by atoms with Crippen molar-refractivity contribution in [3.05, 3.63) is 70.9 Å². The van der Waals surface area contributed by atoms with E-state index in [0.29, 0.717) is 17.3 Å². The molecule has 4 aromatic rings. The Balaban J connectivity index is 1.51. The van der Waals surface area contributed by atoms with E-state index in [0.717, 1.165) is 32.9 Å². The van der Waals surface area contributed by atoms with Gasteiger partial charge in [-0.05, 0) is 51.9 Å². The zero-order valence-electron chi connectivity index (χ0n) is 14.5. The predicted octanol–water partition coefficient (Wildman–Crippen LogP) is 4.22. The van der Waals surface area contributed by atoms with E-state index in [1.54, 1.807) is 29.8 Å². The maximum atomic E-state index is 6.27. The van der Waals surface area contributed by atoms with Crippen molar-refractivity contribution in [1.29, 1.82) is 0 Å². The zero-order chi connectivity index (χ0) is 18.6. The zero-order valence-corrected chi connectivity index (χ0v) is 16.1. The highest BCUT2D eigenvalue weighted by Gasteiger charge is 2.11. The molecule has 0 unspecified atom stereocenters. The average Bonchev–Trinajstić information content (AvgIpc) is 3.15. The first-order chi connectivity index (χ1) is 13.2. The lowest BCUT2D eigenvalue weighted by molar-refractivity contribution is 0.414. The van der Waals surface area contributed by atoms with E-state index in [9.17, 15) is 0 Å². The second kappa shape index (κ2) is 7.94. The number of pyridine rings is 1. The van der Waals surface area contributed by atoms with Gasteiger partial charge in [0, 0.05) is 22.4 Å². The third-order valence-electron chi connectivity index (χ3n) is 4.15. The highest BCUT2D eigenvalue weighted by Crippen LogP contribution is 2.29. The molecule has 0 aliphatic carbocycles. The highest BCUT2D eigenvalue weighted by atomic mass is 35.5. The van der Waals surface area contributed by atoms with E-state index >= 15 is 0 Å². The Bertz CT molecular complexity index is 1070. The molecule has 0 saturated heterocycles. The monoisotopic (exact) mass is 397 g/mol. The number of methoxy groups -OCH3 is 1. The summed E-state index contributed by atoms with van der Waals surface area (Å²) in [5.74, 6) is 1.53. The summed E-state index contributed by atoms with van der Waals surface area (Å²) < 4.78 is 6.98. The number of tetrazole rings is 1. The number of aromatic nitrogens is 5. The Labute approximate surface area is 165 Å². The molecule has 0 aliphatic rings. The number of rotatable bonds is 6. The number of ether oxygens (including phenoxy) is 1. The van der Waals surface area contributed by atoms with Gasteiger partial charge in [-0.1, -0.05) is 41.6 Å². The van der Waals surface area contributed by atoms with Crippen LogP contribution in [0.25, 0.3) is 10.9 Å². The third kappa shape index (κ3) is 3.89. The van der Waals surface area contributed by atoms with Gasteiger partial charge in [0.25, 0.3) is 0 Å². The molecule has 2 heterocycles. The molecule has 0 atom stereocenters. The van der Waals surface area contributed by atoms with Crippen LogP contribution in [-0.2, 0) is 12.3 Å². The first-order valence-corrected chi connectivity index (χ1v) is 9.65. The molecule has 4 rings (SSSR count). The first-order valence-electron chi connectivity index (χ1n) is 8.28. The van der Waals surface area contributed by atoms with E-state index < -0.39 is 0 Å². The summed E-state index contributed by atoms with van der Waals surface area (Å²) in [6.45, 7) is 0.596. The molecule has 0 bridgehead atoms. The van der Waals surface area contributed by atoms with Crippen LogP contribution in [0.4, 0.5) is 0 Å². The van der Waals surface area contributed by atoms with Crippen LogP contribution in [0.3, 0.4) is 0 Å². The minimum absolute atomic E-state index is 0.596. The minimum atomic E-state index is 0.596. The van der Waals surface area contributed by atoms with Crippen LogP contribution in [0.15, 0.2) is 59.9 Å². The van der Waals surface area contributed by atoms with Gasteiger partial charge in [0.2, 0.25) is 5.16 Å². The molecular weight excluding hydrogens is 382 g/mol. The van der Waals surface area contributed by atoms with Gasteiger partial charge in [0.05, 0.1) is 19.2 Å². The van der Waals surface area contributed by atoms with Crippen molar-refractivity contribution in [2.24, 2.45) is 0 Å². The fourth-order valence-electron chi connectivity index (χ4n) is 2.76. The Morgan fingerprint density at radius 1 is 1.11 bits per heavy atom. The molecule has 0 aliphatic heterocycles. The minimum Gasteiger partial charge on any atom is -0.497 e. The van der Waals surface area contributed by atoms with E-state index in [-0.39, 0.29) is 0 Å². The van der Waals surface area contributed by atoms with Gasteiger partial charge in [-0.15, -0.1) is 5.10 Å². The molecular formula is C19H16ClN5OS. The van der Waals surface area contributed by atoms with Crippen LogP contribution in [-0.4, -0.2) is 32.3 Å². The number of fused-ring (bicyclic) bond motifs is 1. The largest absolute Gasteiger partial charge is 0.497 e. The lowest BCUT2D eigenvalue weighted by atomic mass is 10.1. The first kappa shape index (κ1) is 17.8. The summed E-state index contributed by atoms with van der Waals surface area (Å²) in [6.07, 6.45) is 1.78. The third-order valence-corrected chi connectivity index (χ3v) is 5.48. The maximum Gasteiger partial charge on any atom is 0.209 e. The van der Waals surface area contributed by atoms with E-state index in [1.807, 2.05) is 48.5 Å². The van der Waals surface area contributed by atoms with Crippen molar-refractivity contribution in [3.63, 3.8) is 0 Å². The smallest absolute Gasteiger partial charge is 0.209 e. The van der Waals surface area contributed by atoms with Gasteiger partial charge in [-0.25, -0.2) is 4.68 Å². The number of nitrogens with zero attached hydrogens (tertiary/aromatic N) is 5. The van der Waals surface area contributed by atoms with Gasteiger partial charge in [-0.3, -0.25) is 4.98 Å². The van der Waals surface area contributed by atoms with E-state index in [2.05, 4.69) is 20.5 Å². The lowest BCUT2D eigenvalue weighted by Gasteiger charge is -2.08. The molecule has 0 amide bonds. The molecule has 2 aromatic carbocycles. The summed E-state index contributed by atoms with van der Waals surface area (Å²) in [5, 5.41) is 14.5. The molecule has 2 aromatic heterocycles. The van der Waals surface area contributed by atoms with Gasteiger partial charge >= 0.3 is 0 Å². The molecule has 0 fully saturated rings. The van der Waals surface area contributed by atoms with Crippen molar-refractivity contribution in [1.82, 2.24) is 25.2 Å². The van der Waals surface area contributed by atoms with Gasteiger partial charge in [-0.2, -0.15) is 0 Å². The summed E-state index contributed by atoms with van der Waals surface area (Å²) >= 11 is 7.85. The standard InChI is InChI=1S/C19H16ClN5OS/c1-26-15-7-4-13(5-8-15)11-25-19(22-23-24-25)27-12-14-6-9-17(20)16-3-2-10-21-18(14)16/h2-10H,11-12H2,1H3. The molecule has 27 heavy (non-hydrogen) atoms. The van der Waals surface area contributed by atoms with Gasteiger partial charge < -0.3 is 4.74 Å². The fraction of sp³-hybridized carbons (Fsp3) is 0.158. The summed E-state index contributed by atoms with van der Waals surface area (Å²) in [6, 6.07) is 15.6. The SMILES string of the molecule is COc1ccc(Cn2nnnc2SCc2ccc(Cl)c3cccnc23)cc1. The predicted molar refractivity (Wildman–Crippen MR) is 106 cm³/mol. The van der Waals surface area contributed by atoms with Crippen molar-refractivity contribution >= 4 is 34.3 Å². The van der Waals surface area contributed by atoms with E-state index in [1.165, 1.54) is 0 Å². The second-order valence-electron chi connectivity index (χ2n) is 5.86. The number of hydrogen-bond donors (Lipinski definition) is 0. The topological polar surface area (TPSA) is 65.7 Å². The van der Waals surface area contributed by atoms with Crippen LogP contribution in [0, 0.1) is 0 Å². The quantitative estimate of drug-likeness (QED) is 0.454. The summed E-state index contributed by atoms with van der Waals surface area (Å²) in [7, 11) is 1.65. The summed E-state index contributed by atoms with van der Waals surface area (Å²) in [5.41, 5.74) is 3.11. The van der Waals surface area contributed by atoms with Crippen LogP contribution in [0.1, 0.15) is 11.1 Å². The lowest BCUT2D eigenvalue weighted by Crippen LogP contribution is -2.04. The Morgan fingerprint density at radius 3 is 2.78 bits per heavy atom. The van der Waals surface area contributed by atoms with E-state index in [4.69, 9.17) is 16.3 Å². The molecule has 0 N–H and O–H groups in total. The normalized spacial score (nSPS) is 11.0. The van der Waals surface area contributed by atoms with Crippen LogP contribution < -0.4 is 4.74 Å². The van der Waals surface area contributed by atoms with Gasteiger partial charge in [0.15, 0.2) is 0 Å². The Kier molecular flexibility index (Phi) is 5.22. The molecule has 6 nitrogen and oxygen atoms in total. The average molecular weight is 398 g/mol. The molecule has 0 spiro atoms. The number of benzene rings is 2. The Hall–Kier alpha value is -2.64.